The molecule has 7 heteroatoms. The van der Waals surface area contributed by atoms with Gasteiger partial charge in [0.1, 0.15) is 17.0 Å². The smallest absolute Gasteiger partial charge is 0.261 e. The summed E-state index contributed by atoms with van der Waals surface area (Å²) in [6.07, 6.45) is 2.32. The van der Waals surface area contributed by atoms with Gasteiger partial charge < -0.3 is 15.4 Å². The highest BCUT2D eigenvalue weighted by atomic mass is 32.1. The van der Waals surface area contributed by atoms with Gasteiger partial charge in [-0.1, -0.05) is 0 Å². The van der Waals surface area contributed by atoms with Crippen molar-refractivity contribution in [2.45, 2.75) is 20.3 Å². The molecule has 0 atom stereocenters. The molecule has 1 amide bonds. The minimum absolute atomic E-state index is 0.0611. The van der Waals surface area contributed by atoms with Crippen LogP contribution < -0.4 is 10.6 Å². The number of hydrogen-bond acceptors (Lipinski definition) is 6. The molecule has 6 nitrogen and oxygen atoms in total. The number of nitrogens with one attached hydrogen (secondary N) is 2. The lowest BCUT2D eigenvalue weighted by Gasteiger charge is -2.05. The lowest BCUT2D eigenvalue weighted by atomic mass is 10.2. The van der Waals surface area contributed by atoms with Gasteiger partial charge in [0.25, 0.3) is 5.91 Å². The normalized spacial score (nSPS) is 10.8. The van der Waals surface area contributed by atoms with Crippen molar-refractivity contribution >= 4 is 33.3 Å². The van der Waals surface area contributed by atoms with Crippen LogP contribution in [0.1, 0.15) is 28.6 Å². The van der Waals surface area contributed by atoms with Crippen molar-refractivity contribution in [3.05, 3.63) is 16.8 Å². The molecule has 0 radical (unpaired) electrons. The third-order valence-corrected chi connectivity index (χ3v) is 4.29. The van der Waals surface area contributed by atoms with E-state index < -0.39 is 0 Å². The SMILES string of the molecule is CCNc1ncnc2sc(C(=O)NCCCOC)c(C)c12. The summed E-state index contributed by atoms with van der Waals surface area (Å²) in [5.74, 6) is 0.726. The van der Waals surface area contributed by atoms with Crippen LogP contribution in [0, 0.1) is 6.92 Å². The molecule has 2 heterocycles. The topological polar surface area (TPSA) is 76.1 Å². The summed E-state index contributed by atoms with van der Waals surface area (Å²) in [5.41, 5.74) is 0.927. The molecule has 2 N–H and O–H groups in total. The number of anilines is 1. The van der Waals surface area contributed by atoms with Gasteiger partial charge in [0, 0.05) is 26.8 Å². The minimum atomic E-state index is -0.0611. The molecule has 0 aliphatic heterocycles. The summed E-state index contributed by atoms with van der Waals surface area (Å²) in [6, 6.07) is 0. The van der Waals surface area contributed by atoms with E-state index >= 15 is 0 Å². The fourth-order valence-corrected chi connectivity index (χ4v) is 3.15. The largest absolute Gasteiger partial charge is 0.385 e. The van der Waals surface area contributed by atoms with Crippen LogP contribution in [0.25, 0.3) is 10.2 Å². The molecule has 0 bridgehead atoms. The molecule has 0 fully saturated rings. The third-order valence-electron chi connectivity index (χ3n) is 3.09. The van der Waals surface area contributed by atoms with Gasteiger partial charge in [-0.25, -0.2) is 9.97 Å². The summed E-state index contributed by atoms with van der Waals surface area (Å²) in [5, 5.41) is 7.06. The van der Waals surface area contributed by atoms with E-state index in [4.69, 9.17) is 4.74 Å². The fraction of sp³-hybridized carbons (Fsp3) is 0.500. The van der Waals surface area contributed by atoms with Crippen molar-refractivity contribution < 1.29 is 9.53 Å². The predicted octanol–water partition coefficient (Wildman–Crippen LogP) is 2.20. The summed E-state index contributed by atoms with van der Waals surface area (Å²) in [7, 11) is 1.65. The van der Waals surface area contributed by atoms with Crippen molar-refractivity contribution in [2.75, 3.05) is 32.1 Å². The highest BCUT2D eigenvalue weighted by molar-refractivity contribution is 7.20. The summed E-state index contributed by atoms with van der Waals surface area (Å²) in [4.78, 5) is 22.3. The molecular weight excluding hydrogens is 288 g/mol. The standard InChI is InChI=1S/C14H20N4O2S/c1-4-15-12-10-9(2)11(21-14(10)18-8-17-12)13(19)16-6-5-7-20-3/h8H,4-7H2,1-3H3,(H,16,19)(H,15,17,18). The van der Waals surface area contributed by atoms with E-state index in [1.54, 1.807) is 7.11 Å². The van der Waals surface area contributed by atoms with Crippen molar-refractivity contribution in [3.8, 4) is 0 Å². The number of carbonyl (C=O) groups is 1. The van der Waals surface area contributed by atoms with Crippen LogP contribution in [-0.4, -0.2) is 42.7 Å². The first-order chi connectivity index (χ1) is 10.2. The Morgan fingerprint density at radius 3 is 2.95 bits per heavy atom. The number of methoxy groups -OCH3 is 1. The van der Waals surface area contributed by atoms with Crippen LogP contribution >= 0.6 is 11.3 Å². The molecule has 2 rings (SSSR count). The first-order valence-corrected chi connectivity index (χ1v) is 7.75. The van der Waals surface area contributed by atoms with Gasteiger partial charge >= 0.3 is 0 Å². The van der Waals surface area contributed by atoms with Crippen molar-refractivity contribution in [1.29, 1.82) is 0 Å². The summed E-state index contributed by atoms with van der Waals surface area (Å²) < 4.78 is 4.97. The van der Waals surface area contributed by atoms with Gasteiger partial charge in [-0.2, -0.15) is 0 Å². The second-order valence-electron chi connectivity index (χ2n) is 4.59. The Kier molecular flexibility index (Phi) is 5.46. The van der Waals surface area contributed by atoms with Gasteiger partial charge in [-0.15, -0.1) is 11.3 Å². The number of nitrogens with zero attached hydrogens (tertiary/aromatic N) is 2. The lowest BCUT2D eigenvalue weighted by Crippen LogP contribution is -2.24. The van der Waals surface area contributed by atoms with Crippen LogP contribution in [0.5, 0.6) is 0 Å². The Morgan fingerprint density at radius 2 is 2.24 bits per heavy atom. The number of amides is 1. The first kappa shape index (κ1) is 15.7. The average Bonchev–Trinajstić information content (AvgIpc) is 2.82. The van der Waals surface area contributed by atoms with Gasteiger partial charge in [0.05, 0.1) is 10.3 Å². The maximum Gasteiger partial charge on any atom is 0.261 e. The van der Waals surface area contributed by atoms with E-state index in [9.17, 15) is 4.79 Å². The highest BCUT2D eigenvalue weighted by Gasteiger charge is 2.18. The van der Waals surface area contributed by atoms with E-state index in [0.717, 1.165) is 34.6 Å². The van der Waals surface area contributed by atoms with Crippen LogP contribution in [0.15, 0.2) is 6.33 Å². The number of carbonyl (C=O) groups excluding carboxylic acids is 1. The second kappa shape index (κ2) is 7.33. The molecule has 2 aromatic heterocycles. The van der Waals surface area contributed by atoms with Gasteiger partial charge in [-0.3, -0.25) is 4.79 Å². The number of fused-ring (bicyclic) bond motifs is 1. The van der Waals surface area contributed by atoms with Gasteiger partial charge in [-0.05, 0) is 25.8 Å². The zero-order valence-corrected chi connectivity index (χ0v) is 13.3. The molecule has 0 spiro atoms. The summed E-state index contributed by atoms with van der Waals surface area (Å²) in [6.45, 7) is 5.97. The number of rotatable bonds is 7. The second-order valence-corrected chi connectivity index (χ2v) is 5.59. The predicted molar refractivity (Wildman–Crippen MR) is 85.1 cm³/mol. The molecular formula is C14H20N4O2S. The van der Waals surface area contributed by atoms with E-state index in [1.807, 2.05) is 13.8 Å². The van der Waals surface area contributed by atoms with E-state index in [2.05, 4.69) is 20.6 Å². The number of ether oxygens (including phenoxy) is 1. The molecule has 0 unspecified atom stereocenters. The Morgan fingerprint density at radius 1 is 1.43 bits per heavy atom. The minimum Gasteiger partial charge on any atom is -0.385 e. The van der Waals surface area contributed by atoms with Gasteiger partial charge in [0.15, 0.2) is 0 Å². The molecule has 2 aromatic rings. The number of aromatic nitrogens is 2. The quantitative estimate of drug-likeness (QED) is 0.767. The highest BCUT2D eigenvalue weighted by Crippen LogP contribution is 2.33. The molecule has 0 saturated heterocycles. The Balaban J connectivity index is 2.22. The zero-order chi connectivity index (χ0) is 15.2. The van der Waals surface area contributed by atoms with Crippen LogP contribution in [0.4, 0.5) is 5.82 Å². The van der Waals surface area contributed by atoms with Gasteiger partial charge in [0.2, 0.25) is 0 Å². The van der Waals surface area contributed by atoms with Crippen molar-refractivity contribution in [2.24, 2.45) is 0 Å². The van der Waals surface area contributed by atoms with E-state index in [1.165, 1.54) is 17.7 Å². The Bertz CT molecular complexity index is 627. The monoisotopic (exact) mass is 308 g/mol. The average molecular weight is 308 g/mol. The molecule has 21 heavy (non-hydrogen) atoms. The summed E-state index contributed by atoms with van der Waals surface area (Å²) >= 11 is 1.40. The van der Waals surface area contributed by atoms with Crippen LogP contribution in [0.3, 0.4) is 0 Å². The number of hydrogen-bond donors (Lipinski definition) is 2. The first-order valence-electron chi connectivity index (χ1n) is 6.94. The van der Waals surface area contributed by atoms with E-state index in [-0.39, 0.29) is 5.91 Å². The number of thiophene rings is 1. The van der Waals surface area contributed by atoms with Crippen LogP contribution in [0.2, 0.25) is 0 Å². The molecule has 114 valence electrons. The van der Waals surface area contributed by atoms with E-state index in [0.29, 0.717) is 18.0 Å². The van der Waals surface area contributed by atoms with Crippen molar-refractivity contribution in [1.82, 2.24) is 15.3 Å². The maximum atomic E-state index is 12.3. The molecule has 0 aliphatic rings. The van der Waals surface area contributed by atoms with Crippen LogP contribution in [-0.2, 0) is 4.74 Å². The molecule has 0 aromatic carbocycles. The fourth-order valence-electron chi connectivity index (χ4n) is 2.09. The maximum absolute atomic E-state index is 12.3. The zero-order valence-electron chi connectivity index (χ0n) is 12.5. The molecule has 0 aliphatic carbocycles. The van der Waals surface area contributed by atoms with Crippen molar-refractivity contribution in [3.63, 3.8) is 0 Å². The lowest BCUT2D eigenvalue weighted by molar-refractivity contribution is 0.0952. The Hall–Kier alpha value is -1.73. The third kappa shape index (κ3) is 3.48. The number of aryl methyl sites for hydroxylation is 1. The molecule has 0 saturated carbocycles. The Labute approximate surface area is 127 Å².